The number of benzene rings is 1. The summed E-state index contributed by atoms with van der Waals surface area (Å²) in [5.74, 6) is -2.65. The highest BCUT2D eigenvalue weighted by Crippen LogP contribution is 2.00. The molecule has 0 saturated carbocycles. The van der Waals surface area contributed by atoms with E-state index < -0.39 is 36.5 Å². The Bertz CT molecular complexity index is 620. The van der Waals surface area contributed by atoms with Gasteiger partial charge < -0.3 is 30.6 Å². The minimum atomic E-state index is -1.38. The van der Waals surface area contributed by atoms with Gasteiger partial charge in [0, 0.05) is 0 Å². The quantitative estimate of drug-likeness (QED) is 0.490. The summed E-state index contributed by atoms with van der Waals surface area (Å²) in [6, 6.07) is 7.92. The number of nitrogens with one attached hydrogen (secondary N) is 3. The fraction of sp³-hybridized carbons (Fsp3) is 0.412. The van der Waals surface area contributed by atoms with E-state index in [0.717, 1.165) is 5.56 Å². The van der Waals surface area contributed by atoms with Crippen molar-refractivity contribution in [1.82, 2.24) is 16.0 Å². The molecule has 0 aliphatic heterocycles. The molecule has 3 amide bonds. The van der Waals surface area contributed by atoms with Crippen molar-refractivity contribution in [2.45, 2.75) is 32.4 Å². The van der Waals surface area contributed by atoms with E-state index in [1.807, 2.05) is 6.07 Å². The van der Waals surface area contributed by atoms with Crippen LogP contribution in [0.15, 0.2) is 30.3 Å². The van der Waals surface area contributed by atoms with Crippen molar-refractivity contribution in [3.05, 3.63) is 35.9 Å². The van der Waals surface area contributed by atoms with Crippen LogP contribution >= 0.6 is 0 Å². The molecule has 1 atom stereocenters. The van der Waals surface area contributed by atoms with Gasteiger partial charge in [-0.2, -0.15) is 0 Å². The van der Waals surface area contributed by atoms with Crippen LogP contribution in [0.25, 0.3) is 0 Å². The van der Waals surface area contributed by atoms with Crippen molar-refractivity contribution in [2.24, 2.45) is 0 Å². The molecule has 0 bridgehead atoms. The molecule has 0 heterocycles. The minimum Gasteiger partial charge on any atom is -0.548 e. The van der Waals surface area contributed by atoms with Crippen molar-refractivity contribution in [3.8, 4) is 0 Å². The second-order valence-electron chi connectivity index (χ2n) is 5.42. The fourth-order valence-electron chi connectivity index (χ4n) is 1.95. The highest BCUT2D eigenvalue weighted by molar-refractivity contribution is 5.88. The van der Waals surface area contributed by atoms with Gasteiger partial charge in [-0.15, -0.1) is 0 Å². The highest BCUT2D eigenvalue weighted by Gasteiger charge is 2.13. The van der Waals surface area contributed by atoms with Crippen LogP contribution in [0.5, 0.6) is 0 Å². The fourth-order valence-corrected chi connectivity index (χ4v) is 1.95. The Morgan fingerprint density at radius 3 is 2.31 bits per heavy atom. The van der Waals surface area contributed by atoms with Crippen molar-refractivity contribution in [1.29, 1.82) is 0 Å². The van der Waals surface area contributed by atoms with Crippen LogP contribution in [0.2, 0.25) is 0 Å². The molecule has 3 N–H and O–H groups in total. The van der Waals surface area contributed by atoms with Crippen LogP contribution in [0.3, 0.4) is 0 Å². The first-order chi connectivity index (χ1) is 12.4. The average molecular weight is 364 g/mol. The summed E-state index contributed by atoms with van der Waals surface area (Å²) in [6.45, 7) is 1.05. The summed E-state index contributed by atoms with van der Waals surface area (Å²) in [5, 5.41) is 17.6. The van der Waals surface area contributed by atoms with E-state index in [1.54, 1.807) is 31.2 Å². The van der Waals surface area contributed by atoms with Gasteiger partial charge in [-0.25, -0.2) is 4.79 Å². The SMILES string of the molecule is CCC[C@H](NC(=O)CNC(=O)CNC(=O)OCc1ccccc1)C(=O)[O-]. The number of hydrogen-bond acceptors (Lipinski definition) is 6. The standard InChI is InChI=1S/C17H23N3O6/c1-2-6-13(16(23)24)20-15(22)10-18-14(21)9-19-17(25)26-11-12-7-4-3-5-8-12/h3-5,7-8,13H,2,6,9-11H2,1H3,(H,18,21)(H,19,25)(H,20,22)(H,23,24)/p-1/t13-/m0/s1. The van der Waals surface area contributed by atoms with Crippen LogP contribution in [0.1, 0.15) is 25.3 Å². The van der Waals surface area contributed by atoms with Gasteiger partial charge in [0.1, 0.15) is 13.2 Å². The van der Waals surface area contributed by atoms with E-state index in [0.29, 0.717) is 6.42 Å². The smallest absolute Gasteiger partial charge is 0.407 e. The molecular formula is C17H22N3O6-. The van der Waals surface area contributed by atoms with Crippen molar-refractivity contribution < 1.29 is 29.0 Å². The molecule has 26 heavy (non-hydrogen) atoms. The molecule has 0 unspecified atom stereocenters. The minimum absolute atomic E-state index is 0.0682. The van der Waals surface area contributed by atoms with Crippen molar-refractivity contribution >= 4 is 23.9 Å². The lowest BCUT2D eigenvalue weighted by molar-refractivity contribution is -0.308. The number of hydrogen-bond donors (Lipinski definition) is 3. The van der Waals surface area contributed by atoms with Gasteiger partial charge in [0.15, 0.2) is 0 Å². The topological polar surface area (TPSA) is 137 Å². The summed E-state index contributed by atoms with van der Waals surface area (Å²) >= 11 is 0. The first-order valence-corrected chi connectivity index (χ1v) is 8.13. The van der Waals surface area contributed by atoms with Crippen LogP contribution in [-0.2, 0) is 25.7 Å². The Hall–Kier alpha value is -3.10. The second-order valence-corrected chi connectivity index (χ2v) is 5.42. The molecule has 1 rings (SSSR count). The zero-order valence-corrected chi connectivity index (χ0v) is 14.4. The van der Waals surface area contributed by atoms with E-state index in [1.165, 1.54) is 0 Å². The molecule has 0 aliphatic carbocycles. The number of rotatable bonds is 10. The first kappa shape index (κ1) is 20.9. The summed E-state index contributed by atoms with van der Waals surface area (Å²) in [5.41, 5.74) is 0.804. The Labute approximate surface area is 151 Å². The van der Waals surface area contributed by atoms with E-state index in [4.69, 9.17) is 4.74 Å². The lowest BCUT2D eigenvalue weighted by atomic mass is 10.1. The number of carbonyl (C=O) groups is 4. The first-order valence-electron chi connectivity index (χ1n) is 8.13. The maximum atomic E-state index is 11.6. The number of aliphatic carboxylic acids is 1. The normalized spacial score (nSPS) is 11.1. The Balaban J connectivity index is 2.22. The predicted molar refractivity (Wildman–Crippen MR) is 89.5 cm³/mol. The van der Waals surface area contributed by atoms with E-state index >= 15 is 0 Å². The lowest BCUT2D eigenvalue weighted by Gasteiger charge is -2.19. The Morgan fingerprint density at radius 2 is 1.69 bits per heavy atom. The Kier molecular flexibility index (Phi) is 9.23. The zero-order valence-electron chi connectivity index (χ0n) is 14.4. The number of ether oxygens (including phenoxy) is 1. The van der Waals surface area contributed by atoms with Crippen LogP contribution < -0.4 is 21.1 Å². The second kappa shape index (κ2) is 11.5. The summed E-state index contributed by atoms with van der Waals surface area (Å²) < 4.78 is 4.93. The number of alkyl carbamates (subject to hydrolysis) is 1. The van der Waals surface area contributed by atoms with Gasteiger partial charge in [0.05, 0.1) is 18.6 Å². The Morgan fingerprint density at radius 1 is 1.04 bits per heavy atom. The molecule has 0 spiro atoms. The van der Waals surface area contributed by atoms with Gasteiger partial charge in [0.25, 0.3) is 0 Å². The van der Waals surface area contributed by atoms with Gasteiger partial charge >= 0.3 is 6.09 Å². The molecule has 1 aromatic rings. The summed E-state index contributed by atoms with van der Waals surface area (Å²) in [4.78, 5) is 45.5. The molecule has 142 valence electrons. The molecule has 0 aromatic heterocycles. The van der Waals surface area contributed by atoms with Gasteiger partial charge in [-0.1, -0.05) is 43.7 Å². The molecule has 0 aliphatic rings. The van der Waals surface area contributed by atoms with Gasteiger partial charge in [0.2, 0.25) is 11.8 Å². The molecule has 0 saturated heterocycles. The molecule has 0 fully saturated rings. The van der Waals surface area contributed by atoms with Gasteiger partial charge in [-0.05, 0) is 12.0 Å². The van der Waals surface area contributed by atoms with Crippen LogP contribution in [-0.4, -0.2) is 43.0 Å². The molecular weight excluding hydrogens is 342 g/mol. The number of amides is 3. The van der Waals surface area contributed by atoms with E-state index in [-0.39, 0.29) is 19.6 Å². The molecule has 9 nitrogen and oxygen atoms in total. The van der Waals surface area contributed by atoms with E-state index in [2.05, 4.69) is 16.0 Å². The molecule has 9 heteroatoms. The number of carboxylic acids is 1. The predicted octanol–water partition coefficient (Wildman–Crippen LogP) is -0.936. The third-order valence-electron chi connectivity index (χ3n) is 3.25. The maximum absolute atomic E-state index is 11.6. The molecule has 1 aromatic carbocycles. The van der Waals surface area contributed by atoms with E-state index in [9.17, 15) is 24.3 Å². The largest absolute Gasteiger partial charge is 0.548 e. The summed E-state index contributed by atoms with van der Waals surface area (Å²) in [7, 11) is 0. The number of carboxylic acid groups (broad SMARTS) is 1. The lowest BCUT2D eigenvalue weighted by Crippen LogP contribution is -2.50. The van der Waals surface area contributed by atoms with Crippen molar-refractivity contribution in [2.75, 3.05) is 13.1 Å². The third kappa shape index (κ3) is 8.67. The van der Waals surface area contributed by atoms with Crippen LogP contribution in [0, 0.1) is 0 Å². The monoisotopic (exact) mass is 364 g/mol. The summed E-state index contributed by atoms with van der Waals surface area (Å²) in [6.07, 6.45) is 0.0188. The maximum Gasteiger partial charge on any atom is 0.407 e. The zero-order chi connectivity index (χ0) is 19.4. The number of carbonyl (C=O) groups excluding carboxylic acids is 4. The molecule has 0 radical (unpaired) electrons. The average Bonchev–Trinajstić information content (AvgIpc) is 2.63. The van der Waals surface area contributed by atoms with Crippen molar-refractivity contribution in [3.63, 3.8) is 0 Å². The van der Waals surface area contributed by atoms with Gasteiger partial charge in [-0.3, -0.25) is 9.59 Å². The highest BCUT2D eigenvalue weighted by atomic mass is 16.5. The third-order valence-corrected chi connectivity index (χ3v) is 3.25. The van der Waals surface area contributed by atoms with Crippen LogP contribution in [0.4, 0.5) is 4.79 Å².